The zero-order chi connectivity index (χ0) is 17.8. The van der Waals surface area contributed by atoms with E-state index in [2.05, 4.69) is 70.6 Å². The van der Waals surface area contributed by atoms with E-state index in [1.54, 1.807) is 28.3 Å². The molecule has 2 aliphatic heterocycles. The van der Waals surface area contributed by atoms with Gasteiger partial charge in [0.15, 0.2) is 0 Å². The summed E-state index contributed by atoms with van der Waals surface area (Å²) in [4.78, 5) is 8.79. The van der Waals surface area contributed by atoms with Crippen molar-refractivity contribution in [2.24, 2.45) is 0 Å². The first-order valence-corrected chi connectivity index (χ1v) is 13.4. The Morgan fingerprint density at radius 3 is 2.25 bits per heavy atom. The number of hydrogen-bond acceptors (Lipinski definition) is 2. The van der Waals surface area contributed by atoms with Gasteiger partial charge in [-0.05, 0) is 0 Å². The average molecular weight is 685 g/mol. The summed E-state index contributed by atoms with van der Waals surface area (Å²) in [5, 5.41) is 4.67. The van der Waals surface area contributed by atoms with E-state index in [4.69, 9.17) is 0 Å². The molecule has 4 aromatic rings. The number of nitrogens with zero attached hydrogens (tertiary/aromatic N) is 2. The molecule has 1 aromatic heterocycles. The van der Waals surface area contributed by atoms with Gasteiger partial charge < -0.3 is 0 Å². The summed E-state index contributed by atoms with van der Waals surface area (Å²) in [5.41, 5.74) is 2.01. The molecule has 0 spiro atoms. The fourth-order valence-electron chi connectivity index (χ4n) is 3.52. The summed E-state index contributed by atoms with van der Waals surface area (Å²) in [6.45, 7) is 0. The van der Waals surface area contributed by atoms with Crippen molar-refractivity contribution >= 4 is 71.6 Å². The molecule has 1 radical (unpaired) electrons. The van der Waals surface area contributed by atoms with Crippen LogP contribution in [0.2, 0.25) is 0 Å². The Kier molecular flexibility index (Phi) is 5.12. The normalized spacial score (nSPS) is 15.6. The third-order valence-corrected chi connectivity index (χ3v) is 13.3. The number of rotatable bonds is 1. The topological polar surface area (TPSA) is 25.8 Å². The maximum absolute atomic E-state index is 4.52. The van der Waals surface area contributed by atoms with Gasteiger partial charge in [-0.1, -0.05) is 0 Å². The van der Waals surface area contributed by atoms with Gasteiger partial charge in [-0.15, -0.1) is 0 Å². The Balaban J connectivity index is 0.00000171. The van der Waals surface area contributed by atoms with E-state index < -0.39 is 7.92 Å². The van der Waals surface area contributed by atoms with Crippen LogP contribution in [0, 0.1) is 6.07 Å². The Hall–Kier alpha value is -1.14. The number of fused-ring (bicyclic) bond motifs is 4. The van der Waals surface area contributed by atoms with Gasteiger partial charge in [0.2, 0.25) is 0 Å². The van der Waals surface area contributed by atoms with E-state index >= 15 is 0 Å². The van der Waals surface area contributed by atoms with Crippen molar-refractivity contribution < 1.29 is 20.1 Å². The molecule has 0 amide bonds. The summed E-state index contributed by atoms with van der Waals surface area (Å²) in [6, 6.07) is 24.2. The monoisotopic (exact) mass is 688 g/mol. The van der Waals surface area contributed by atoms with Crippen molar-refractivity contribution in [3.63, 3.8) is 0 Å². The minimum absolute atomic E-state index is 0. The molecule has 2 nitrogen and oxygen atoms in total. The van der Waals surface area contributed by atoms with Gasteiger partial charge >= 0.3 is 172 Å². The third-order valence-electron chi connectivity index (χ3n) is 4.68. The van der Waals surface area contributed by atoms with Crippen molar-refractivity contribution in [1.82, 2.24) is 9.97 Å². The number of aromatic nitrogens is 2. The van der Waals surface area contributed by atoms with Crippen LogP contribution in [-0.4, -0.2) is 39.9 Å². The van der Waals surface area contributed by atoms with Crippen LogP contribution in [0.15, 0.2) is 73.2 Å². The fourth-order valence-corrected chi connectivity index (χ4v) is 13.3. The molecule has 1 unspecified atom stereocenters. The van der Waals surface area contributed by atoms with Crippen LogP contribution >= 0.6 is 7.92 Å². The zero-order valence-electron chi connectivity index (χ0n) is 14.4. The van der Waals surface area contributed by atoms with Crippen molar-refractivity contribution in [2.75, 3.05) is 0 Å². The summed E-state index contributed by atoms with van der Waals surface area (Å²) < 4.78 is 5.96. The SMILES string of the molecule is [Ir].[c-]1c(-c2cnccn2)cc2c3c1[Se]c1ccccc1P3c1ccccc1[Se]2. The van der Waals surface area contributed by atoms with Gasteiger partial charge in [0, 0.05) is 20.1 Å². The molecule has 6 rings (SSSR count). The summed E-state index contributed by atoms with van der Waals surface area (Å²) in [6.07, 6.45) is 5.34. The van der Waals surface area contributed by atoms with Crippen molar-refractivity contribution in [3.05, 3.63) is 79.3 Å². The van der Waals surface area contributed by atoms with Crippen LogP contribution in [0.25, 0.3) is 11.3 Å². The molecule has 3 aromatic carbocycles. The van der Waals surface area contributed by atoms with Crippen LogP contribution in [0.4, 0.5) is 0 Å². The number of hydrogen-bond donors (Lipinski definition) is 0. The second-order valence-electron chi connectivity index (χ2n) is 6.29. The Bertz CT molecular complexity index is 1130. The average Bonchev–Trinajstić information content (AvgIpc) is 2.74. The van der Waals surface area contributed by atoms with Crippen LogP contribution in [0.3, 0.4) is 0 Å². The molecular weight excluding hydrogens is 673 g/mol. The molecule has 3 heterocycles. The van der Waals surface area contributed by atoms with Crippen molar-refractivity contribution in [1.29, 1.82) is 0 Å². The van der Waals surface area contributed by atoms with Crippen molar-refractivity contribution in [2.45, 2.75) is 0 Å². The summed E-state index contributed by atoms with van der Waals surface area (Å²) >= 11 is 0.619. The molecule has 1 atom stereocenters. The Morgan fingerprint density at radius 2 is 1.54 bits per heavy atom. The molecule has 0 aliphatic carbocycles. The molecular formula is C22H12IrN2PSe2-. The van der Waals surface area contributed by atoms with E-state index in [0.29, 0.717) is 29.9 Å². The third kappa shape index (κ3) is 2.98. The van der Waals surface area contributed by atoms with Crippen LogP contribution in [-0.2, 0) is 20.1 Å². The first-order valence-electron chi connectivity index (χ1n) is 8.59. The van der Waals surface area contributed by atoms with Crippen molar-refractivity contribution in [3.8, 4) is 11.3 Å². The Labute approximate surface area is 191 Å². The maximum atomic E-state index is 4.52. The minimum atomic E-state index is -0.468. The molecule has 0 saturated carbocycles. The summed E-state index contributed by atoms with van der Waals surface area (Å²) in [5.74, 6) is 0. The quantitative estimate of drug-likeness (QED) is 0.134. The summed E-state index contributed by atoms with van der Waals surface area (Å²) in [7, 11) is -0.468. The molecule has 0 saturated heterocycles. The van der Waals surface area contributed by atoms with Crippen LogP contribution in [0.5, 0.6) is 0 Å². The molecule has 28 heavy (non-hydrogen) atoms. The van der Waals surface area contributed by atoms with Crippen LogP contribution < -0.4 is 33.8 Å². The van der Waals surface area contributed by atoms with E-state index in [1.807, 2.05) is 6.20 Å². The van der Waals surface area contributed by atoms with Gasteiger partial charge in [0.1, 0.15) is 0 Å². The van der Waals surface area contributed by atoms with Crippen LogP contribution in [0.1, 0.15) is 0 Å². The second kappa shape index (κ2) is 7.60. The predicted octanol–water partition coefficient (Wildman–Crippen LogP) is -0.364. The van der Waals surface area contributed by atoms with E-state index in [-0.39, 0.29) is 20.1 Å². The van der Waals surface area contributed by atoms with Gasteiger partial charge in [-0.2, -0.15) is 0 Å². The first-order chi connectivity index (χ1) is 13.4. The standard InChI is InChI=1S/C22H12N2PSe2.Ir/c1-3-7-18-16(5-1)25-17-6-2-4-8-19(17)27-21-12-14(11-20(26-18)22(21)25)15-13-23-9-10-24-15;/h1-11,13H;/q-1;. The Morgan fingerprint density at radius 1 is 0.821 bits per heavy atom. The molecule has 0 fully saturated rings. The first kappa shape index (κ1) is 18.9. The van der Waals surface area contributed by atoms with E-state index in [9.17, 15) is 0 Å². The fraction of sp³-hybridized carbons (Fsp3) is 0. The zero-order valence-corrected chi connectivity index (χ0v) is 21.1. The van der Waals surface area contributed by atoms with Gasteiger partial charge in [-0.25, -0.2) is 0 Å². The van der Waals surface area contributed by atoms with E-state index in [1.165, 1.54) is 17.8 Å². The molecule has 2 aliphatic rings. The molecule has 0 N–H and O–H groups in total. The van der Waals surface area contributed by atoms with Gasteiger partial charge in [-0.3, -0.25) is 0 Å². The predicted molar refractivity (Wildman–Crippen MR) is 115 cm³/mol. The molecule has 6 heteroatoms. The second-order valence-corrected chi connectivity index (χ2v) is 12.9. The van der Waals surface area contributed by atoms with Gasteiger partial charge in [0.05, 0.1) is 0 Å². The molecule has 0 bridgehead atoms. The number of benzene rings is 3. The van der Waals surface area contributed by atoms with Gasteiger partial charge in [0.25, 0.3) is 0 Å². The van der Waals surface area contributed by atoms with E-state index in [0.717, 1.165) is 11.3 Å². The molecule has 137 valence electrons.